The summed E-state index contributed by atoms with van der Waals surface area (Å²) in [5.41, 5.74) is 1.62. The van der Waals surface area contributed by atoms with Gasteiger partial charge in [0.2, 0.25) is 5.91 Å². The highest BCUT2D eigenvalue weighted by atomic mass is 32.2. The minimum atomic E-state index is -0.641. The molecule has 2 heterocycles. The summed E-state index contributed by atoms with van der Waals surface area (Å²) in [6.07, 6.45) is 3.66. The number of aromatic nitrogens is 1. The second-order valence-corrected chi connectivity index (χ2v) is 9.38. The van der Waals surface area contributed by atoms with Gasteiger partial charge in [-0.15, -0.1) is 11.3 Å². The molecule has 0 spiro atoms. The summed E-state index contributed by atoms with van der Waals surface area (Å²) < 4.78 is 7.23. The molecule has 1 saturated heterocycles. The fourth-order valence-corrected chi connectivity index (χ4v) is 5.09. The van der Waals surface area contributed by atoms with Gasteiger partial charge in [-0.3, -0.25) is 19.9 Å². The van der Waals surface area contributed by atoms with Crippen molar-refractivity contribution in [2.24, 2.45) is 4.99 Å². The van der Waals surface area contributed by atoms with Gasteiger partial charge in [0, 0.05) is 25.4 Å². The number of thioether (sulfide) groups is 1. The number of fused-ring (bicyclic) bond motifs is 1. The van der Waals surface area contributed by atoms with Gasteiger partial charge < -0.3 is 15.2 Å². The number of nitrogens with one attached hydrogen (secondary N) is 1. The monoisotopic (exact) mass is 472 g/mol. The van der Waals surface area contributed by atoms with Crippen LogP contribution in [0.15, 0.2) is 45.7 Å². The van der Waals surface area contributed by atoms with E-state index in [-0.39, 0.29) is 29.2 Å². The number of benzene rings is 2. The van der Waals surface area contributed by atoms with Gasteiger partial charge in [0.05, 0.1) is 32.7 Å². The number of nitro groups is 1. The Morgan fingerprint density at radius 3 is 3.06 bits per heavy atom. The Hall–Kier alpha value is -3.02. The predicted molar refractivity (Wildman–Crippen MR) is 124 cm³/mol. The number of aromatic hydroxyl groups is 1. The standard InChI is InChI=1S/C21H20N4O5S2/c26-18-6-3-13(8-17(18)25(28)29)10-22-14-4-5-16-19(9-14)32-21(24-16)31-12-20(27)23-11-15-2-1-7-30-15/h3-6,8-10,15,26H,1-2,7,11-12H2,(H,23,27). The van der Waals surface area contributed by atoms with Crippen LogP contribution in [0.25, 0.3) is 10.2 Å². The highest BCUT2D eigenvalue weighted by Gasteiger charge is 2.16. The molecular formula is C21H20N4O5S2. The van der Waals surface area contributed by atoms with Crippen LogP contribution in [0.5, 0.6) is 5.75 Å². The third kappa shape index (κ3) is 5.61. The number of carbonyl (C=O) groups is 1. The average molecular weight is 473 g/mol. The molecule has 0 bridgehead atoms. The fraction of sp³-hybridized carbons (Fsp3) is 0.286. The number of nitrogens with zero attached hydrogens (tertiary/aromatic N) is 3. The van der Waals surface area contributed by atoms with E-state index in [2.05, 4.69) is 15.3 Å². The van der Waals surface area contributed by atoms with Crippen LogP contribution in [0.2, 0.25) is 0 Å². The van der Waals surface area contributed by atoms with Crippen LogP contribution in [0.4, 0.5) is 11.4 Å². The number of aliphatic imine (C=N–C) groups is 1. The van der Waals surface area contributed by atoms with E-state index >= 15 is 0 Å². The highest BCUT2D eigenvalue weighted by Crippen LogP contribution is 2.32. The molecule has 32 heavy (non-hydrogen) atoms. The maximum Gasteiger partial charge on any atom is 0.311 e. The first-order valence-electron chi connectivity index (χ1n) is 9.91. The van der Waals surface area contributed by atoms with Crippen molar-refractivity contribution in [3.8, 4) is 5.75 Å². The molecule has 1 aromatic heterocycles. The van der Waals surface area contributed by atoms with E-state index in [1.165, 1.54) is 41.4 Å². The fourth-order valence-electron chi connectivity index (χ4n) is 3.16. The molecule has 2 N–H and O–H groups in total. The summed E-state index contributed by atoms with van der Waals surface area (Å²) in [4.78, 5) is 31.3. The molecule has 9 nitrogen and oxygen atoms in total. The summed E-state index contributed by atoms with van der Waals surface area (Å²) in [5.74, 6) is -0.140. The number of nitro benzene ring substituents is 1. The summed E-state index contributed by atoms with van der Waals surface area (Å²) >= 11 is 2.86. The Morgan fingerprint density at radius 1 is 1.41 bits per heavy atom. The quantitative estimate of drug-likeness (QED) is 0.219. The average Bonchev–Trinajstić information content (AvgIpc) is 3.44. The molecule has 11 heteroatoms. The van der Waals surface area contributed by atoms with Crippen molar-refractivity contribution in [1.82, 2.24) is 10.3 Å². The molecule has 1 aliphatic rings. The molecule has 1 unspecified atom stereocenters. The molecule has 166 valence electrons. The number of hydrogen-bond acceptors (Lipinski definition) is 9. The number of thiazole rings is 1. The molecular weight excluding hydrogens is 452 g/mol. The number of ether oxygens (including phenoxy) is 1. The van der Waals surface area contributed by atoms with Crippen molar-refractivity contribution in [3.05, 3.63) is 52.1 Å². The Labute approximate surface area is 191 Å². The third-order valence-corrected chi connectivity index (χ3v) is 6.95. The van der Waals surface area contributed by atoms with Crippen molar-refractivity contribution >= 4 is 56.8 Å². The zero-order chi connectivity index (χ0) is 22.5. The van der Waals surface area contributed by atoms with E-state index < -0.39 is 4.92 Å². The van der Waals surface area contributed by atoms with E-state index in [1.54, 1.807) is 12.1 Å². The Kier molecular flexibility index (Phi) is 6.98. The maximum absolute atomic E-state index is 12.1. The van der Waals surface area contributed by atoms with E-state index in [0.29, 0.717) is 17.8 Å². The minimum absolute atomic E-state index is 0.0435. The summed E-state index contributed by atoms with van der Waals surface area (Å²) in [5, 5.41) is 23.4. The lowest BCUT2D eigenvalue weighted by Gasteiger charge is -2.09. The van der Waals surface area contributed by atoms with Gasteiger partial charge in [-0.1, -0.05) is 11.8 Å². The third-order valence-electron chi connectivity index (χ3n) is 4.79. The van der Waals surface area contributed by atoms with E-state index in [1.807, 2.05) is 12.1 Å². The van der Waals surface area contributed by atoms with Gasteiger partial charge >= 0.3 is 5.69 Å². The first-order chi connectivity index (χ1) is 15.5. The number of carbonyl (C=O) groups excluding carboxylic acids is 1. The van der Waals surface area contributed by atoms with Crippen LogP contribution in [-0.4, -0.2) is 52.1 Å². The zero-order valence-electron chi connectivity index (χ0n) is 16.9. The van der Waals surface area contributed by atoms with E-state index in [0.717, 1.165) is 34.0 Å². The molecule has 0 aliphatic carbocycles. The Bertz CT molecular complexity index is 1170. The molecule has 1 fully saturated rings. The van der Waals surface area contributed by atoms with Crippen molar-refractivity contribution in [1.29, 1.82) is 0 Å². The second kappa shape index (κ2) is 10.1. The van der Waals surface area contributed by atoms with Gasteiger partial charge in [0.1, 0.15) is 0 Å². The SMILES string of the molecule is O=C(CSc1nc2ccc(N=Cc3ccc(O)c([N+](=O)[O-])c3)cc2s1)NCC1CCCO1. The van der Waals surface area contributed by atoms with Crippen molar-refractivity contribution in [2.45, 2.75) is 23.3 Å². The van der Waals surface area contributed by atoms with Crippen molar-refractivity contribution < 1.29 is 19.6 Å². The van der Waals surface area contributed by atoms with E-state index in [9.17, 15) is 20.0 Å². The molecule has 1 aliphatic heterocycles. The lowest BCUT2D eigenvalue weighted by molar-refractivity contribution is -0.385. The number of hydrogen-bond donors (Lipinski definition) is 2. The number of phenols is 1. The topological polar surface area (TPSA) is 127 Å². The molecule has 3 aromatic rings. The number of rotatable bonds is 8. The normalized spacial score (nSPS) is 16.1. The van der Waals surface area contributed by atoms with Crippen molar-refractivity contribution in [2.75, 3.05) is 18.9 Å². The molecule has 1 amide bonds. The highest BCUT2D eigenvalue weighted by molar-refractivity contribution is 8.01. The molecule has 1 atom stereocenters. The summed E-state index contributed by atoms with van der Waals surface area (Å²) in [6, 6.07) is 9.61. The number of phenolic OH excluding ortho intramolecular Hbond substituents is 1. The Balaban J connectivity index is 1.37. The smallest absolute Gasteiger partial charge is 0.311 e. The predicted octanol–water partition coefficient (Wildman–Crippen LogP) is 4.05. The number of amides is 1. The Morgan fingerprint density at radius 2 is 2.28 bits per heavy atom. The van der Waals surface area contributed by atoms with Gasteiger partial charge in [-0.05, 0) is 48.7 Å². The second-order valence-electron chi connectivity index (χ2n) is 7.12. The molecule has 0 radical (unpaired) electrons. The van der Waals surface area contributed by atoms with Gasteiger partial charge in [0.15, 0.2) is 10.1 Å². The molecule has 2 aromatic carbocycles. The van der Waals surface area contributed by atoms with Crippen LogP contribution >= 0.6 is 23.1 Å². The first kappa shape index (κ1) is 22.2. The van der Waals surface area contributed by atoms with E-state index in [4.69, 9.17) is 4.74 Å². The lowest BCUT2D eigenvalue weighted by atomic mass is 10.2. The summed E-state index contributed by atoms with van der Waals surface area (Å²) in [6.45, 7) is 1.31. The van der Waals surface area contributed by atoms with Crippen LogP contribution in [0.3, 0.4) is 0 Å². The molecule has 4 rings (SSSR count). The van der Waals surface area contributed by atoms with Crippen LogP contribution in [-0.2, 0) is 9.53 Å². The van der Waals surface area contributed by atoms with Gasteiger partial charge in [-0.2, -0.15) is 0 Å². The van der Waals surface area contributed by atoms with Gasteiger partial charge in [-0.25, -0.2) is 4.98 Å². The summed E-state index contributed by atoms with van der Waals surface area (Å²) in [7, 11) is 0. The first-order valence-corrected chi connectivity index (χ1v) is 11.7. The van der Waals surface area contributed by atoms with Crippen LogP contribution in [0.1, 0.15) is 18.4 Å². The van der Waals surface area contributed by atoms with Crippen molar-refractivity contribution in [3.63, 3.8) is 0 Å². The van der Waals surface area contributed by atoms with Gasteiger partial charge in [0.25, 0.3) is 0 Å². The largest absolute Gasteiger partial charge is 0.502 e. The minimum Gasteiger partial charge on any atom is -0.502 e. The van der Waals surface area contributed by atoms with Crippen LogP contribution < -0.4 is 5.32 Å². The maximum atomic E-state index is 12.1. The molecule has 0 saturated carbocycles. The lowest BCUT2D eigenvalue weighted by Crippen LogP contribution is -2.32. The van der Waals surface area contributed by atoms with Crippen LogP contribution in [0, 0.1) is 10.1 Å². The zero-order valence-corrected chi connectivity index (χ0v) is 18.5.